The maximum absolute atomic E-state index is 13.5. The largest absolute Gasteiger partial charge is 0.476 e. The second kappa shape index (κ2) is 13.3. The molecule has 1 amide bonds. The first-order valence-electron chi connectivity index (χ1n) is 12.7. The van der Waals surface area contributed by atoms with Crippen LogP contribution in [0.25, 0.3) is 10.2 Å². The maximum Gasteiger partial charge on any atom is 0.271 e. The Balaban J connectivity index is 1.58. The number of ketones is 1. The number of benzene rings is 3. The van der Waals surface area contributed by atoms with E-state index >= 15 is 0 Å². The maximum atomic E-state index is 13.5. The highest BCUT2D eigenvalue weighted by atomic mass is 32.1. The first kappa shape index (κ1) is 28.9. The Labute approximate surface area is 236 Å². The van der Waals surface area contributed by atoms with E-state index in [1.54, 1.807) is 60.7 Å². The molecule has 1 atom stereocenters. The topological polar surface area (TPSA) is 136 Å². The van der Waals surface area contributed by atoms with Gasteiger partial charge < -0.3 is 19.8 Å². The van der Waals surface area contributed by atoms with Crippen LogP contribution in [0.2, 0.25) is 0 Å². The van der Waals surface area contributed by atoms with E-state index in [2.05, 4.69) is 16.4 Å². The summed E-state index contributed by atoms with van der Waals surface area (Å²) in [6, 6.07) is 18.7. The molecule has 3 N–H and O–H groups in total. The fraction of sp³-hybridized carbons (Fsp3) is 0.267. The van der Waals surface area contributed by atoms with Crippen molar-refractivity contribution >= 4 is 38.4 Å². The zero-order valence-electron chi connectivity index (χ0n) is 22.3. The lowest BCUT2D eigenvalue weighted by Gasteiger charge is -2.19. The number of anilines is 1. The molecule has 0 fully saturated rings. The van der Waals surface area contributed by atoms with Gasteiger partial charge in [0.25, 0.3) is 5.91 Å². The molecule has 1 aromatic heterocycles. The number of carbonyl (C=O) groups excluding carboxylic acids is 2. The van der Waals surface area contributed by atoms with Gasteiger partial charge in [-0.3, -0.25) is 14.9 Å². The van der Waals surface area contributed by atoms with Gasteiger partial charge in [-0.1, -0.05) is 35.6 Å². The summed E-state index contributed by atoms with van der Waals surface area (Å²) in [5.41, 5.74) is 3.31. The van der Waals surface area contributed by atoms with Crippen molar-refractivity contribution in [1.29, 1.82) is 5.26 Å². The molecule has 0 saturated carbocycles. The molecule has 1 unspecified atom stereocenters. The van der Waals surface area contributed by atoms with Crippen molar-refractivity contribution in [3.8, 4) is 11.8 Å². The molecule has 0 radical (unpaired) electrons. The molecular weight excluding hydrogens is 528 g/mol. The molecule has 0 spiro atoms. The Morgan fingerprint density at radius 1 is 1.05 bits per heavy atom. The van der Waals surface area contributed by atoms with Gasteiger partial charge in [0.05, 0.1) is 35.1 Å². The number of rotatable bonds is 12. The average Bonchev–Trinajstić information content (AvgIpc) is 3.36. The zero-order valence-corrected chi connectivity index (χ0v) is 23.1. The second-order valence-corrected chi connectivity index (χ2v) is 10.5. The quantitative estimate of drug-likeness (QED) is 0.217. The summed E-state index contributed by atoms with van der Waals surface area (Å²) in [7, 11) is 3.93. The number of fused-ring (bicyclic) bond motifs is 1. The van der Waals surface area contributed by atoms with Crippen LogP contribution in [0.1, 0.15) is 51.6 Å². The van der Waals surface area contributed by atoms with Crippen LogP contribution < -0.4 is 10.1 Å². The van der Waals surface area contributed by atoms with Gasteiger partial charge >= 0.3 is 0 Å². The van der Waals surface area contributed by atoms with Crippen LogP contribution in [0, 0.1) is 11.3 Å². The van der Waals surface area contributed by atoms with Gasteiger partial charge in [0.1, 0.15) is 5.75 Å². The lowest BCUT2D eigenvalue weighted by atomic mass is 10.0. The van der Waals surface area contributed by atoms with E-state index in [4.69, 9.17) is 10.00 Å². The lowest BCUT2D eigenvalue weighted by molar-refractivity contribution is -0.123. The number of nitriles is 1. The van der Waals surface area contributed by atoms with Gasteiger partial charge in [-0.2, -0.15) is 5.26 Å². The van der Waals surface area contributed by atoms with E-state index in [9.17, 15) is 19.8 Å². The Morgan fingerprint density at radius 2 is 1.73 bits per heavy atom. The Hall–Kier alpha value is -4.14. The van der Waals surface area contributed by atoms with Gasteiger partial charge in [0.2, 0.25) is 6.10 Å². The van der Waals surface area contributed by atoms with E-state index in [0.717, 1.165) is 17.7 Å². The Morgan fingerprint density at radius 3 is 2.35 bits per heavy atom. The Bertz CT molecular complexity index is 1480. The van der Waals surface area contributed by atoms with Crippen molar-refractivity contribution in [2.45, 2.75) is 32.2 Å². The van der Waals surface area contributed by atoms with Crippen molar-refractivity contribution in [2.75, 3.05) is 26.0 Å². The van der Waals surface area contributed by atoms with Crippen LogP contribution >= 0.6 is 11.3 Å². The van der Waals surface area contributed by atoms with Crippen LogP contribution in [0.4, 0.5) is 5.13 Å². The molecule has 0 saturated heterocycles. The molecule has 0 aliphatic carbocycles. The smallest absolute Gasteiger partial charge is 0.271 e. The van der Waals surface area contributed by atoms with E-state index in [-0.39, 0.29) is 19.0 Å². The minimum atomic E-state index is -1.07. The molecule has 9 nitrogen and oxygen atoms in total. The number of hydrogen-bond acceptors (Lipinski definition) is 9. The summed E-state index contributed by atoms with van der Waals surface area (Å²) in [5, 5.41) is 31.4. The number of aromatic nitrogens is 1. The Kier molecular flexibility index (Phi) is 9.58. The molecule has 206 valence electrons. The average molecular weight is 559 g/mol. The highest BCUT2D eigenvalue weighted by Crippen LogP contribution is 2.31. The number of ether oxygens (including phenoxy) is 1. The number of aliphatic hydroxyl groups excluding tert-OH is 2. The molecule has 40 heavy (non-hydrogen) atoms. The van der Waals surface area contributed by atoms with Gasteiger partial charge in [0.15, 0.2) is 10.9 Å². The normalized spacial score (nSPS) is 11.8. The number of carbonyl (C=O) groups is 2. The standard InChI is InChI=1S/C30H30N4O5S/c1-34(2)13-3-4-26(37)20-7-9-21(10-8-20)28(39-24-11-5-19(16-31)6-12-24)29(38)33-30-32-25-14-22(17-35)23(18-36)15-27(25)40-30/h5-12,14-15,28,35-36H,3-4,13,17-18H2,1-2H3,(H,32,33,38). The summed E-state index contributed by atoms with van der Waals surface area (Å²) < 4.78 is 6.82. The third kappa shape index (κ3) is 7.08. The van der Waals surface area contributed by atoms with Crippen molar-refractivity contribution in [3.63, 3.8) is 0 Å². The molecule has 1 heterocycles. The van der Waals surface area contributed by atoms with Gasteiger partial charge in [0, 0.05) is 17.5 Å². The number of Topliss-reactive ketones (excluding diaryl/α,β-unsaturated/α-hetero) is 1. The number of nitrogens with zero attached hydrogens (tertiary/aromatic N) is 3. The van der Waals surface area contributed by atoms with Crippen LogP contribution in [0.15, 0.2) is 60.7 Å². The summed E-state index contributed by atoms with van der Waals surface area (Å²) in [6.07, 6.45) is 0.109. The second-order valence-electron chi connectivity index (χ2n) is 9.50. The molecule has 10 heteroatoms. The number of hydrogen-bond donors (Lipinski definition) is 3. The SMILES string of the molecule is CN(C)CCCC(=O)c1ccc(C(Oc2ccc(C#N)cc2)C(=O)Nc2nc3cc(CO)c(CO)cc3s2)cc1. The van der Waals surface area contributed by atoms with E-state index in [1.165, 1.54) is 11.3 Å². The molecule has 0 bridgehead atoms. The van der Waals surface area contributed by atoms with Crippen molar-refractivity contribution in [2.24, 2.45) is 0 Å². The highest BCUT2D eigenvalue weighted by molar-refractivity contribution is 7.22. The summed E-state index contributed by atoms with van der Waals surface area (Å²) in [6.45, 7) is 0.360. The monoisotopic (exact) mass is 558 g/mol. The molecule has 4 rings (SSSR count). The van der Waals surface area contributed by atoms with Crippen LogP contribution in [0.3, 0.4) is 0 Å². The van der Waals surface area contributed by atoms with Gasteiger partial charge in [-0.25, -0.2) is 4.98 Å². The first-order valence-corrected chi connectivity index (χ1v) is 13.5. The third-order valence-corrected chi connectivity index (χ3v) is 7.23. The highest BCUT2D eigenvalue weighted by Gasteiger charge is 2.25. The van der Waals surface area contributed by atoms with Crippen molar-refractivity contribution in [3.05, 3.63) is 88.5 Å². The molecular formula is C30H30N4O5S. The van der Waals surface area contributed by atoms with Crippen LogP contribution in [0.5, 0.6) is 5.75 Å². The number of nitrogens with one attached hydrogen (secondary N) is 1. The third-order valence-electron chi connectivity index (χ3n) is 6.30. The van der Waals surface area contributed by atoms with E-state index < -0.39 is 12.0 Å². The van der Waals surface area contributed by atoms with Crippen molar-refractivity contribution < 1.29 is 24.5 Å². The van der Waals surface area contributed by atoms with Crippen LogP contribution in [-0.2, 0) is 18.0 Å². The van der Waals surface area contributed by atoms with E-state index in [1.807, 2.05) is 19.0 Å². The lowest BCUT2D eigenvalue weighted by Crippen LogP contribution is -2.25. The number of amides is 1. The minimum absolute atomic E-state index is 0.0291. The van der Waals surface area contributed by atoms with E-state index in [0.29, 0.717) is 50.6 Å². The predicted octanol–water partition coefficient (Wildman–Crippen LogP) is 4.44. The number of thiazole rings is 1. The summed E-state index contributed by atoms with van der Waals surface area (Å²) in [5.74, 6) is -0.0490. The molecule has 4 aromatic rings. The zero-order chi connectivity index (χ0) is 28.6. The molecule has 3 aromatic carbocycles. The van der Waals surface area contributed by atoms with Crippen molar-refractivity contribution in [1.82, 2.24) is 9.88 Å². The predicted molar refractivity (Wildman–Crippen MR) is 153 cm³/mol. The fourth-order valence-electron chi connectivity index (χ4n) is 4.14. The van der Waals surface area contributed by atoms with Crippen LogP contribution in [-0.4, -0.2) is 52.4 Å². The summed E-state index contributed by atoms with van der Waals surface area (Å²) >= 11 is 1.24. The molecule has 0 aliphatic heterocycles. The first-order chi connectivity index (χ1) is 19.3. The minimum Gasteiger partial charge on any atom is -0.476 e. The van der Waals surface area contributed by atoms with Gasteiger partial charge in [-0.15, -0.1) is 0 Å². The summed E-state index contributed by atoms with van der Waals surface area (Å²) in [4.78, 5) is 32.6. The van der Waals surface area contributed by atoms with Gasteiger partial charge in [-0.05, 0) is 74.6 Å². The fourth-order valence-corrected chi connectivity index (χ4v) is 5.05. The number of aliphatic hydroxyl groups is 2. The molecule has 0 aliphatic rings.